The number of ether oxygens (including phenoxy) is 3. The molecule has 1 unspecified atom stereocenters. The van der Waals surface area contributed by atoms with E-state index < -0.39 is 48.6 Å². The maximum Gasteiger partial charge on any atom is 0.331 e. The smallest absolute Gasteiger partial charge is 0.331 e. The molecule has 0 saturated carbocycles. The van der Waals surface area contributed by atoms with E-state index in [2.05, 4.69) is 10.3 Å². The first-order chi connectivity index (χ1) is 20.7. The third kappa shape index (κ3) is 5.87. The number of rotatable bonds is 9. The molecule has 1 saturated heterocycles. The van der Waals surface area contributed by atoms with E-state index in [0.29, 0.717) is 27.3 Å². The Kier molecular flexibility index (Phi) is 8.32. The van der Waals surface area contributed by atoms with Gasteiger partial charge in [-0.05, 0) is 48.5 Å². The van der Waals surface area contributed by atoms with E-state index in [1.165, 1.54) is 44.7 Å². The molecule has 4 amide bonds. The number of pyridine rings is 1. The Morgan fingerprint density at radius 1 is 0.953 bits per heavy atom. The Hall–Kier alpha value is -5.33. The molecule has 10 nitrogen and oxygen atoms in total. The largest absolute Gasteiger partial charge is 0.493 e. The van der Waals surface area contributed by atoms with Crippen molar-refractivity contribution in [1.82, 2.24) is 9.88 Å². The second-order valence-electron chi connectivity index (χ2n) is 9.39. The van der Waals surface area contributed by atoms with Crippen LogP contribution in [0.4, 0.5) is 29.3 Å². The topological polar surface area (TPSA) is 110 Å². The Morgan fingerprint density at radius 3 is 2.35 bits per heavy atom. The van der Waals surface area contributed by atoms with E-state index in [1.54, 1.807) is 18.2 Å². The Morgan fingerprint density at radius 2 is 1.67 bits per heavy atom. The number of urea groups is 1. The van der Waals surface area contributed by atoms with E-state index in [-0.39, 0.29) is 29.4 Å². The van der Waals surface area contributed by atoms with Crippen molar-refractivity contribution in [2.75, 3.05) is 44.2 Å². The predicted octanol–water partition coefficient (Wildman–Crippen LogP) is 5.32. The summed E-state index contributed by atoms with van der Waals surface area (Å²) in [5, 5.41) is 3.01. The molecule has 13 heteroatoms. The van der Waals surface area contributed by atoms with Gasteiger partial charge in [-0.1, -0.05) is 0 Å². The van der Waals surface area contributed by atoms with Crippen molar-refractivity contribution in [3.05, 3.63) is 78.5 Å². The molecule has 43 heavy (non-hydrogen) atoms. The number of anilines is 2. The molecule has 3 aromatic carbocycles. The first-order valence-electron chi connectivity index (χ1n) is 13.0. The number of fused-ring (bicyclic) bond motifs is 1. The first kappa shape index (κ1) is 29.2. The lowest BCUT2D eigenvalue weighted by atomic mass is 10.0. The molecular formula is C30H25F3N4O6. The zero-order chi connectivity index (χ0) is 30.7. The number of methoxy groups -OCH3 is 2. The fourth-order valence-corrected chi connectivity index (χ4v) is 4.63. The van der Waals surface area contributed by atoms with Gasteiger partial charge in [-0.15, -0.1) is 0 Å². The average molecular weight is 595 g/mol. The normalized spacial score (nSPS) is 15.0. The number of nitrogens with zero attached hydrogens (tertiary/aromatic N) is 3. The highest BCUT2D eigenvalue weighted by atomic mass is 19.1. The van der Waals surface area contributed by atoms with E-state index in [9.17, 15) is 23.2 Å². The van der Waals surface area contributed by atoms with Crippen molar-refractivity contribution in [3.63, 3.8) is 0 Å². The van der Waals surface area contributed by atoms with Gasteiger partial charge in [-0.25, -0.2) is 22.9 Å². The van der Waals surface area contributed by atoms with Crippen molar-refractivity contribution in [3.8, 4) is 23.0 Å². The minimum atomic E-state index is -1.44. The highest BCUT2D eigenvalue weighted by Gasteiger charge is 2.43. The predicted molar refractivity (Wildman–Crippen MR) is 150 cm³/mol. The number of carbonyl (C=O) groups excluding carboxylic acids is 3. The average Bonchev–Trinajstić information content (AvgIpc) is 3.00. The fourth-order valence-electron chi connectivity index (χ4n) is 4.63. The van der Waals surface area contributed by atoms with Gasteiger partial charge >= 0.3 is 6.03 Å². The summed E-state index contributed by atoms with van der Waals surface area (Å²) < 4.78 is 58.2. The van der Waals surface area contributed by atoms with Gasteiger partial charge < -0.3 is 24.4 Å². The summed E-state index contributed by atoms with van der Waals surface area (Å²) in [6.45, 7) is -1.67. The second-order valence-corrected chi connectivity index (χ2v) is 9.39. The van der Waals surface area contributed by atoms with Crippen LogP contribution in [-0.2, 0) is 9.59 Å². The number of alkyl halides is 1. The number of hydrogen-bond acceptors (Lipinski definition) is 7. The van der Waals surface area contributed by atoms with Crippen LogP contribution in [0.2, 0.25) is 0 Å². The van der Waals surface area contributed by atoms with E-state index in [0.717, 1.165) is 23.1 Å². The first-order valence-corrected chi connectivity index (χ1v) is 13.0. The van der Waals surface area contributed by atoms with Crippen LogP contribution in [0.3, 0.4) is 0 Å². The Balaban J connectivity index is 1.36. The molecule has 1 aliphatic rings. The molecule has 0 spiro atoms. The third-order valence-corrected chi connectivity index (χ3v) is 6.77. The van der Waals surface area contributed by atoms with Crippen LogP contribution in [0.1, 0.15) is 0 Å². The van der Waals surface area contributed by atoms with Gasteiger partial charge in [-0.3, -0.25) is 14.6 Å². The summed E-state index contributed by atoms with van der Waals surface area (Å²) in [5.74, 6) is -3.58. The number of hydrogen-bond donors (Lipinski definition) is 1. The number of benzene rings is 3. The van der Waals surface area contributed by atoms with Gasteiger partial charge in [0.25, 0.3) is 0 Å². The van der Waals surface area contributed by atoms with Crippen LogP contribution in [0.5, 0.6) is 23.0 Å². The number of aromatic nitrogens is 1. The zero-order valence-corrected chi connectivity index (χ0v) is 23.0. The van der Waals surface area contributed by atoms with Crippen molar-refractivity contribution < 1.29 is 41.8 Å². The van der Waals surface area contributed by atoms with Gasteiger partial charge in [0.15, 0.2) is 23.1 Å². The van der Waals surface area contributed by atoms with Crippen molar-refractivity contribution >= 4 is 40.1 Å². The summed E-state index contributed by atoms with van der Waals surface area (Å²) in [6.07, 6.45) is 1.49. The van der Waals surface area contributed by atoms with Crippen LogP contribution in [0.15, 0.2) is 66.9 Å². The molecule has 1 aliphatic heterocycles. The van der Waals surface area contributed by atoms with Gasteiger partial charge in [-0.2, -0.15) is 0 Å². The van der Waals surface area contributed by atoms with Gasteiger partial charge in [0.1, 0.15) is 24.2 Å². The summed E-state index contributed by atoms with van der Waals surface area (Å²) >= 11 is 0. The second kappa shape index (κ2) is 12.3. The highest BCUT2D eigenvalue weighted by molar-refractivity contribution is 6.23. The quantitative estimate of drug-likeness (QED) is 0.262. The minimum absolute atomic E-state index is 0.0101. The minimum Gasteiger partial charge on any atom is -0.493 e. The van der Waals surface area contributed by atoms with E-state index >= 15 is 4.39 Å². The van der Waals surface area contributed by atoms with E-state index in [1.807, 2.05) is 0 Å². The van der Waals surface area contributed by atoms with Crippen LogP contribution in [0.25, 0.3) is 10.9 Å². The van der Waals surface area contributed by atoms with Crippen molar-refractivity contribution in [1.29, 1.82) is 0 Å². The van der Waals surface area contributed by atoms with Crippen molar-refractivity contribution in [2.24, 2.45) is 5.92 Å². The number of halogens is 3. The van der Waals surface area contributed by atoms with Crippen LogP contribution >= 0.6 is 0 Å². The monoisotopic (exact) mass is 594 g/mol. The molecular weight excluding hydrogens is 569 g/mol. The van der Waals surface area contributed by atoms with Crippen LogP contribution in [-0.4, -0.2) is 61.7 Å². The Labute approximate surface area is 243 Å². The maximum absolute atomic E-state index is 15.2. The molecule has 5 rings (SSSR count). The SMILES string of the molecule is COc1cc2nccc(Oc3ccc(NC(=O)C4CN(CCF)C(=O)N(c5ccc(F)cc5)C4=O)cc3F)c2cc1OC. The molecule has 222 valence electrons. The van der Waals surface area contributed by atoms with Gasteiger partial charge in [0.2, 0.25) is 11.8 Å². The van der Waals surface area contributed by atoms with Crippen molar-refractivity contribution in [2.45, 2.75) is 0 Å². The summed E-state index contributed by atoms with van der Waals surface area (Å²) in [6, 6.07) is 12.2. The summed E-state index contributed by atoms with van der Waals surface area (Å²) in [4.78, 5) is 45.3. The lowest BCUT2D eigenvalue weighted by Crippen LogP contribution is -2.60. The number of amides is 4. The molecule has 4 aromatic rings. The number of carbonyl (C=O) groups is 3. The maximum atomic E-state index is 15.2. The zero-order valence-electron chi connectivity index (χ0n) is 23.0. The lowest BCUT2D eigenvalue weighted by molar-refractivity contribution is -0.132. The lowest BCUT2D eigenvalue weighted by Gasteiger charge is -2.37. The molecule has 0 bridgehead atoms. The molecule has 2 heterocycles. The highest BCUT2D eigenvalue weighted by Crippen LogP contribution is 2.37. The van der Waals surface area contributed by atoms with Crippen LogP contribution in [0, 0.1) is 17.6 Å². The van der Waals surface area contributed by atoms with Crippen LogP contribution < -0.4 is 24.4 Å². The van der Waals surface area contributed by atoms with E-state index in [4.69, 9.17) is 14.2 Å². The number of nitrogens with one attached hydrogen (secondary N) is 1. The summed E-state index contributed by atoms with van der Waals surface area (Å²) in [5.41, 5.74) is 0.549. The molecule has 0 radical (unpaired) electrons. The fraction of sp³-hybridized carbons (Fsp3) is 0.200. The molecule has 1 N–H and O–H groups in total. The molecule has 1 atom stereocenters. The number of imide groups is 1. The molecule has 1 aromatic heterocycles. The standard InChI is InChI=1S/C30H25F3N4O6/c1-41-26-14-20-23(15-27(26)42-2)34-11-9-24(20)43-25-8-5-18(13-22(25)33)35-28(38)21-16-36(12-10-31)30(40)37(29(21)39)19-6-3-17(32)4-7-19/h3-9,11,13-15,21H,10,12,16H2,1-2H3,(H,35,38). The summed E-state index contributed by atoms with van der Waals surface area (Å²) in [7, 11) is 2.97. The molecule has 0 aliphatic carbocycles. The third-order valence-electron chi connectivity index (χ3n) is 6.77. The Bertz CT molecular complexity index is 1700. The van der Waals surface area contributed by atoms with Gasteiger partial charge in [0, 0.05) is 35.9 Å². The molecule has 1 fully saturated rings. The van der Waals surface area contributed by atoms with Gasteiger partial charge in [0.05, 0.1) is 32.0 Å².